The number of aryl methyl sites for hydroxylation is 2. The number of hydrogen-bond acceptors (Lipinski definition) is 3. The van der Waals surface area contributed by atoms with E-state index >= 15 is 0 Å². The molecule has 1 heterocycles. The molecule has 0 unspecified atom stereocenters. The van der Waals surface area contributed by atoms with Crippen molar-refractivity contribution in [1.29, 1.82) is 0 Å². The SMILES string of the molecule is CC[C@@H](c1ccccc1)[S@](=O)Cc1nc(C)c(C)o1. The molecule has 2 rings (SSSR count). The summed E-state index contributed by atoms with van der Waals surface area (Å²) in [5, 5.41) is 0.0358. The second-order valence-electron chi connectivity index (χ2n) is 4.58. The molecule has 19 heavy (non-hydrogen) atoms. The molecule has 0 spiro atoms. The third kappa shape index (κ3) is 3.32. The van der Waals surface area contributed by atoms with Crippen LogP contribution in [0.15, 0.2) is 34.7 Å². The van der Waals surface area contributed by atoms with Crippen molar-refractivity contribution in [2.24, 2.45) is 0 Å². The van der Waals surface area contributed by atoms with E-state index in [0.717, 1.165) is 23.4 Å². The van der Waals surface area contributed by atoms with E-state index in [1.807, 2.05) is 44.2 Å². The first-order chi connectivity index (χ1) is 9.11. The van der Waals surface area contributed by atoms with E-state index in [4.69, 9.17) is 4.42 Å². The number of hydrogen-bond donors (Lipinski definition) is 0. The zero-order valence-corrected chi connectivity index (χ0v) is 12.4. The first-order valence-corrected chi connectivity index (χ1v) is 7.85. The predicted molar refractivity (Wildman–Crippen MR) is 77.3 cm³/mol. The summed E-state index contributed by atoms with van der Waals surface area (Å²) >= 11 is 0. The standard InChI is InChI=1S/C15H19NO2S/c1-4-14(13-8-6-5-7-9-13)19(17)10-15-16-11(2)12(3)18-15/h5-9,14H,4,10H2,1-3H3/t14-,19+/m0/s1. The first kappa shape index (κ1) is 14.0. The molecule has 0 aliphatic carbocycles. The van der Waals surface area contributed by atoms with Crippen molar-refractivity contribution in [3.8, 4) is 0 Å². The molecule has 0 aliphatic rings. The molecule has 1 aromatic carbocycles. The Morgan fingerprint density at radius 1 is 1.26 bits per heavy atom. The third-order valence-corrected chi connectivity index (χ3v) is 4.97. The minimum atomic E-state index is -1.01. The maximum absolute atomic E-state index is 12.5. The Morgan fingerprint density at radius 3 is 2.47 bits per heavy atom. The van der Waals surface area contributed by atoms with Crippen LogP contribution in [-0.2, 0) is 16.6 Å². The Labute approximate surface area is 116 Å². The molecular weight excluding hydrogens is 258 g/mol. The highest BCUT2D eigenvalue weighted by Crippen LogP contribution is 2.25. The number of aromatic nitrogens is 1. The fraction of sp³-hybridized carbons (Fsp3) is 0.400. The van der Waals surface area contributed by atoms with Gasteiger partial charge in [0.05, 0.1) is 10.9 Å². The quantitative estimate of drug-likeness (QED) is 0.837. The summed E-state index contributed by atoms with van der Waals surface area (Å²) in [5.74, 6) is 1.75. The van der Waals surface area contributed by atoms with Gasteiger partial charge in [-0.2, -0.15) is 0 Å². The maximum atomic E-state index is 12.5. The Balaban J connectivity index is 2.14. The lowest BCUT2D eigenvalue weighted by Crippen LogP contribution is -2.08. The van der Waals surface area contributed by atoms with Gasteiger partial charge in [0.15, 0.2) is 0 Å². The molecule has 0 radical (unpaired) electrons. The zero-order valence-electron chi connectivity index (χ0n) is 11.6. The monoisotopic (exact) mass is 277 g/mol. The molecule has 2 aromatic rings. The molecule has 2 atom stereocenters. The molecule has 0 aliphatic heterocycles. The maximum Gasteiger partial charge on any atom is 0.207 e. The normalized spacial score (nSPS) is 14.3. The third-order valence-electron chi connectivity index (χ3n) is 3.20. The average molecular weight is 277 g/mol. The van der Waals surface area contributed by atoms with Crippen molar-refractivity contribution >= 4 is 10.8 Å². The van der Waals surface area contributed by atoms with Gasteiger partial charge >= 0.3 is 0 Å². The second-order valence-corrected chi connectivity index (χ2v) is 6.20. The zero-order chi connectivity index (χ0) is 13.8. The van der Waals surface area contributed by atoms with Gasteiger partial charge < -0.3 is 4.42 Å². The van der Waals surface area contributed by atoms with E-state index < -0.39 is 10.8 Å². The Hall–Kier alpha value is -1.42. The molecule has 0 saturated carbocycles. The summed E-state index contributed by atoms with van der Waals surface area (Å²) in [6, 6.07) is 9.99. The van der Waals surface area contributed by atoms with Crippen molar-refractivity contribution in [3.63, 3.8) is 0 Å². The lowest BCUT2D eigenvalue weighted by atomic mass is 10.1. The van der Waals surface area contributed by atoms with E-state index in [1.165, 1.54) is 0 Å². The summed E-state index contributed by atoms with van der Waals surface area (Å²) in [7, 11) is -1.01. The van der Waals surface area contributed by atoms with Crippen molar-refractivity contribution < 1.29 is 8.63 Å². The molecule has 4 heteroatoms. The molecule has 0 N–H and O–H groups in total. The van der Waals surface area contributed by atoms with E-state index in [0.29, 0.717) is 11.6 Å². The Kier molecular flexibility index (Phi) is 4.53. The van der Waals surface area contributed by atoms with Crippen LogP contribution in [0, 0.1) is 13.8 Å². The Bertz CT molecular complexity index is 543. The summed E-state index contributed by atoms with van der Waals surface area (Å²) < 4.78 is 18.0. The van der Waals surface area contributed by atoms with Crippen LogP contribution in [-0.4, -0.2) is 9.19 Å². The highest BCUT2D eigenvalue weighted by Gasteiger charge is 2.19. The lowest BCUT2D eigenvalue weighted by Gasteiger charge is -2.13. The predicted octanol–water partition coefficient (Wildman–Crippen LogP) is 3.69. The topological polar surface area (TPSA) is 43.1 Å². The van der Waals surface area contributed by atoms with Crippen LogP contribution in [0.5, 0.6) is 0 Å². The second kappa shape index (κ2) is 6.15. The van der Waals surface area contributed by atoms with Crippen LogP contribution in [0.25, 0.3) is 0 Å². The summed E-state index contributed by atoms with van der Waals surface area (Å²) in [6.45, 7) is 5.84. The number of rotatable bonds is 5. The molecule has 0 saturated heterocycles. The molecule has 0 bridgehead atoms. The smallest absolute Gasteiger partial charge is 0.207 e. The molecule has 3 nitrogen and oxygen atoms in total. The number of oxazole rings is 1. The Morgan fingerprint density at radius 2 is 1.95 bits per heavy atom. The number of benzene rings is 1. The summed E-state index contributed by atoms with van der Waals surface area (Å²) in [6.07, 6.45) is 0.843. The van der Waals surface area contributed by atoms with E-state index in [2.05, 4.69) is 11.9 Å². The van der Waals surface area contributed by atoms with E-state index in [1.54, 1.807) is 0 Å². The largest absolute Gasteiger partial charge is 0.445 e. The fourth-order valence-corrected chi connectivity index (χ4v) is 3.46. The van der Waals surface area contributed by atoms with Crippen LogP contribution in [0.3, 0.4) is 0 Å². The summed E-state index contributed by atoms with van der Waals surface area (Å²) in [5.41, 5.74) is 1.99. The van der Waals surface area contributed by atoms with Gasteiger partial charge in [-0.1, -0.05) is 37.3 Å². The summed E-state index contributed by atoms with van der Waals surface area (Å²) in [4.78, 5) is 4.30. The van der Waals surface area contributed by atoms with Gasteiger partial charge in [0, 0.05) is 10.8 Å². The van der Waals surface area contributed by atoms with Crippen LogP contribution >= 0.6 is 0 Å². The molecule has 0 fully saturated rings. The molecular formula is C15H19NO2S. The highest BCUT2D eigenvalue weighted by atomic mass is 32.2. The fourth-order valence-electron chi connectivity index (χ4n) is 2.06. The van der Waals surface area contributed by atoms with Crippen molar-refractivity contribution in [3.05, 3.63) is 53.2 Å². The van der Waals surface area contributed by atoms with Gasteiger partial charge in [0.2, 0.25) is 5.89 Å². The molecule has 1 aromatic heterocycles. The minimum Gasteiger partial charge on any atom is -0.445 e. The first-order valence-electron chi connectivity index (χ1n) is 6.46. The van der Waals surface area contributed by atoms with Gasteiger partial charge in [-0.15, -0.1) is 0 Å². The minimum absolute atomic E-state index is 0.0358. The van der Waals surface area contributed by atoms with Crippen molar-refractivity contribution in [2.75, 3.05) is 0 Å². The van der Waals surface area contributed by atoms with Gasteiger partial charge in [-0.25, -0.2) is 4.98 Å². The average Bonchev–Trinajstić information content (AvgIpc) is 2.70. The van der Waals surface area contributed by atoms with E-state index in [9.17, 15) is 4.21 Å². The number of nitrogens with zero attached hydrogens (tertiary/aromatic N) is 1. The van der Waals surface area contributed by atoms with Crippen LogP contribution in [0.1, 0.15) is 41.5 Å². The van der Waals surface area contributed by atoms with Crippen molar-refractivity contribution in [1.82, 2.24) is 4.98 Å². The highest BCUT2D eigenvalue weighted by molar-refractivity contribution is 7.84. The van der Waals surface area contributed by atoms with Crippen molar-refractivity contribution in [2.45, 2.75) is 38.2 Å². The van der Waals surface area contributed by atoms with Gasteiger partial charge in [0.1, 0.15) is 11.5 Å². The van der Waals surface area contributed by atoms with Gasteiger partial charge in [0.25, 0.3) is 0 Å². The van der Waals surface area contributed by atoms with Crippen LogP contribution < -0.4 is 0 Å². The van der Waals surface area contributed by atoms with Gasteiger partial charge in [-0.05, 0) is 25.8 Å². The molecule has 0 amide bonds. The molecule has 102 valence electrons. The van der Waals surface area contributed by atoms with Crippen LogP contribution in [0.2, 0.25) is 0 Å². The van der Waals surface area contributed by atoms with Crippen LogP contribution in [0.4, 0.5) is 0 Å². The lowest BCUT2D eigenvalue weighted by molar-refractivity contribution is 0.487. The van der Waals surface area contributed by atoms with E-state index in [-0.39, 0.29) is 5.25 Å². The van der Waals surface area contributed by atoms with Gasteiger partial charge in [-0.3, -0.25) is 4.21 Å².